The van der Waals surface area contributed by atoms with E-state index in [2.05, 4.69) is 43.1 Å². The van der Waals surface area contributed by atoms with E-state index in [1.54, 1.807) is 0 Å². The number of likely N-dealkylation sites (tertiary alicyclic amines) is 1. The van der Waals surface area contributed by atoms with Crippen molar-refractivity contribution < 1.29 is 0 Å². The van der Waals surface area contributed by atoms with Crippen LogP contribution in [0.15, 0.2) is 0 Å². The van der Waals surface area contributed by atoms with Crippen molar-refractivity contribution in [3.8, 4) is 0 Å². The summed E-state index contributed by atoms with van der Waals surface area (Å²) in [6.45, 7) is 9.47. The van der Waals surface area contributed by atoms with Crippen LogP contribution in [0.4, 0.5) is 0 Å². The number of rotatable bonds is 8. The third-order valence-electron chi connectivity index (χ3n) is 4.11. The lowest BCUT2D eigenvalue weighted by atomic mass is 10.0. The number of hydrogen-bond acceptors (Lipinski definition) is 3. The minimum Gasteiger partial charge on any atom is -0.314 e. The van der Waals surface area contributed by atoms with Crippen LogP contribution in [0.1, 0.15) is 46.0 Å². The molecule has 1 N–H and O–H groups in total. The third-order valence-corrected chi connectivity index (χ3v) is 4.11. The molecule has 0 aliphatic carbocycles. The van der Waals surface area contributed by atoms with Gasteiger partial charge in [0, 0.05) is 18.6 Å². The van der Waals surface area contributed by atoms with Gasteiger partial charge in [-0.1, -0.05) is 6.92 Å². The lowest BCUT2D eigenvalue weighted by Gasteiger charge is -2.36. The first-order valence-electron chi connectivity index (χ1n) is 7.75. The predicted octanol–water partition coefficient (Wildman–Crippen LogP) is 2.18. The van der Waals surface area contributed by atoms with Gasteiger partial charge in [-0.05, 0) is 72.8 Å². The molecule has 0 aromatic rings. The molecule has 0 radical (unpaired) electrons. The molecule has 1 rings (SSSR count). The van der Waals surface area contributed by atoms with E-state index in [4.69, 9.17) is 0 Å². The van der Waals surface area contributed by atoms with Crippen molar-refractivity contribution >= 4 is 0 Å². The fraction of sp³-hybridized carbons (Fsp3) is 1.00. The quantitative estimate of drug-likeness (QED) is 0.717. The van der Waals surface area contributed by atoms with Crippen LogP contribution in [0, 0.1) is 0 Å². The number of nitrogens with zero attached hydrogens (tertiary/aromatic N) is 2. The smallest absolute Gasteiger partial charge is 0.0220 e. The summed E-state index contributed by atoms with van der Waals surface area (Å²) >= 11 is 0. The lowest BCUT2D eigenvalue weighted by Crippen LogP contribution is -2.45. The van der Waals surface area contributed by atoms with E-state index in [1.807, 2.05) is 0 Å². The van der Waals surface area contributed by atoms with Gasteiger partial charge in [0.05, 0.1) is 0 Å². The summed E-state index contributed by atoms with van der Waals surface area (Å²) in [5.74, 6) is 0. The Labute approximate surface area is 114 Å². The monoisotopic (exact) mass is 255 g/mol. The molecule has 1 saturated heterocycles. The molecule has 0 bridgehead atoms. The van der Waals surface area contributed by atoms with Gasteiger partial charge in [-0.2, -0.15) is 0 Å². The number of hydrogen-bond donors (Lipinski definition) is 1. The first-order valence-corrected chi connectivity index (χ1v) is 7.75. The van der Waals surface area contributed by atoms with Crippen LogP contribution < -0.4 is 5.32 Å². The molecule has 0 aromatic carbocycles. The van der Waals surface area contributed by atoms with Gasteiger partial charge in [-0.25, -0.2) is 0 Å². The zero-order valence-electron chi connectivity index (χ0n) is 12.9. The average Bonchev–Trinajstić information content (AvgIpc) is 2.36. The molecular formula is C15H33N3. The Balaban J connectivity index is 2.10. The maximum atomic E-state index is 3.57. The molecule has 1 fully saturated rings. The molecule has 1 aliphatic heterocycles. The van der Waals surface area contributed by atoms with Crippen LogP contribution in [0.3, 0.4) is 0 Å². The highest BCUT2D eigenvalue weighted by atomic mass is 15.2. The highest BCUT2D eigenvalue weighted by molar-refractivity contribution is 4.77. The van der Waals surface area contributed by atoms with Crippen molar-refractivity contribution in [3.63, 3.8) is 0 Å². The molecule has 18 heavy (non-hydrogen) atoms. The fourth-order valence-corrected chi connectivity index (χ4v) is 2.82. The van der Waals surface area contributed by atoms with Gasteiger partial charge in [0.25, 0.3) is 0 Å². The second kappa shape index (κ2) is 8.89. The van der Waals surface area contributed by atoms with Crippen molar-refractivity contribution in [2.24, 2.45) is 0 Å². The van der Waals surface area contributed by atoms with Crippen molar-refractivity contribution in [1.29, 1.82) is 0 Å². The van der Waals surface area contributed by atoms with E-state index in [-0.39, 0.29) is 0 Å². The fourth-order valence-electron chi connectivity index (χ4n) is 2.82. The second-order valence-electron chi connectivity index (χ2n) is 6.04. The molecule has 2 atom stereocenters. The van der Waals surface area contributed by atoms with Gasteiger partial charge in [-0.3, -0.25) is 0 Å². The van der Waals surface area contributed by atoms with Gasteiger partial charge >= 0.3 is 0 Å². The van der Waals surface area contributed by atoms with E-state index in [1.165, 1.54) is 51.7 Å². The molecule has 0 aromatic heterocycles. The molecule has 0 saturated carbocycles. The molecule has 2 unspecified atom stereocenters. The van der Waals surface area contributed by atoms with Gasteiger partial charge < -0.3 is 15.1 Å². The predicted molar refractivity (Wildman–Crippen MR) is 80.1 cm³/mol. The van der Waals surface area contributed by atoms with Crippen molar-refractivity contribution in [1.82, 2.24) is 15.1 Å². The van der Waals surface area contributed by atoms with Gasteiger partial charge in [0.1, 0.15) is 0 Å². The average molecular weight is 255 g/mol. The standard InChI is InChI=1S/C15H33N3/c1-5-10-16-14(2)8-6-12-18(4)15-9-7-11-17(3)13-15/h14-16H,5-13H2,1-4H3. The largest absolute Gasteiger partial charge is 0.314 e. The maximum Gasteiger partial charge on any atom is 0.0220 e. The van der Waals surface area contributed by atoms with E-state index in [0.29, 0.717) is 6.04 Å². The van der Waals surface area contributed by atoms with Crippen LogP contribution in [0.25, 0.3) is 0 Å². The van der Waals surface area contributed by atoms with Crippen molar-refractivity contribution in [2.45, 2.75) is 58.0 Å². The minimum atomic E-state index is 0.673. The summed E-state index contributed by atoms with van der Waals surface area (Å²) in [7, 11) is 4.55. The summed E-state index contributed by atoms with van der Waals surface area (Å²) < 4.78 is 0. The highest BCUT2D eigenvalue weighted by Gasteiger charge is 2.20. The highest BCUT2D eigenvalue weighted by Crippen LogP contribution is 2.14. The SMILES string of the molecule is CCCNC(C)CCCN(C)C1CCCN(C)C1. The Morgan fingerprint density at radius 1 is 1.44 bits per heavy atom. The summed E-state index contributed by atoms with van der Waals surface area (Å²) in [6, 6.07) is 1.45. The summed E-state index contributed by atoms with van der Waals surface area (Å²) in [5.41, 5.74) is 0. The summed E-state index contributed by atoms with van der Waals surface area (Å²) in [6.07, 6.45) is 6.59. The van der Waals surface area contributed by atoms with Crippen LogP contribution in [-0.2, 0) is 0 Å². The Morgan fingerprint density at radius 2 is 2.22 bits per heavy atom. The first kappa shape index (κ1) is 15.9. The summed E-state index contributed by atoms with van der Waals surface area (Å²) in [4.78, 5) is 5.04. The van der Waals surface area contributed by atoms with E-state index >= 15 is 0 Å². The van der Waals surface area contributed by atoms with Gasteiger partial charge in [0.2, 0.25) is 0 Å². The molecule has 3 nitrogen and oxygen atoms in total. The van der Waals surface area contributed by atoms with Crippen LogP contribution in [0.5, 0.6) is 0 Å². The molecule has 0 spiro atoms. The third kappa shape index (κ3) is 6.17. The number of piperidine rings is 1. The molecule has 3 heteroatoms. The molecule has 0 amide bonds. The normalized spacial score (nSPS) is 23.5. The zero-order valence-corrected chi connectivity index (χ0v) is 12.9. The van der Waals surface area contributed by atoms with Gasteiger partial charge in [0.15, 0.2) is 0 Å². The zero-order chi connectivity index (χ0) is 13.4. The Hall–Kier alpha value is -0.120. The number of likely N-dealkylation sites (N-methyl/N-ethyl adjacent to an activating group) is 2. The molecule has 1 aliphatic rings. The maximum absolute atomic E-state index is 3.57. The van der Waals surface area contributed by atoms with E-state index in [9.17, 15) is 0 Å². The summed E-state index contributed by atoms with van der Waals surface area (Å²) in [5, 5.41) is 3.57. The Morgan fingerprint density at radius 3 is 2.89 bits per heavy atom. The Kier molecular flexibility index (Phi) is 7.87. The topological polar surface area (TPSA) is 18.5 Å². The molecular weight excluding hydrogens is 222 g/mol. The van der Waals surface area contributed by atoms with Crippen LogP contribution in [-0.4, -0.2) is 62.2 Å². The Bertz CT molecular complexity index is 208. The van der Waals surface area contributed by atoms with E-state index < -0.39 is 0 Å². The van der Waals surface area contributed by atoms with Crippen LogP contribution >= 0.6 is 0 Å². The lowest BCUT2D eigenvalue weighted by molar-refractivity contribution is 0.132. The second-order valence-corrected chi connectivity index (χ2v) is 6.04. The number of nitrogens with one attached hydrogen (secondary N) is 1. The van der Waals surface area contributed by atoms with Crippen molar-refractivity contribution in [2.75, 3.05) is 40.3 Å². The molecule has 108 valence electrons. The minimum absolute atomic E-state index is 0.673. The van der Waals surface area contributed by atoms with Crippen LogP contribution in [0.2, 0.25) is 0 Å². The van der Waals surface area contributed by atoms with Crippen molar-refractivity contribution in [3.05, 3.63) is 0 Å². The molecule has 1 heterocycles. The van der Waals surface area contributed by atoms with Gasteiger partial charge in [-0.15, -0.1) is 0 Å². The first-order chi connectivity index (χ1) is 8.63. The van der Waals surface area contributed by atoms with E-state index in [0.717, 1.165) is 12.6 Å².